The highest BCUT2D eigenvalue weighted by Gasteiger charge is 2.13. The minimum Gasteiger partial charge on any atom is -0.370 e. The summed E-state index contributed by atoms with van der Waals surface area (Å²) in [5.74, 6) is 0.710. The van der Waals surface area contributed by atoms with Gasteiger partial charge in [0.1, 0.15) is 6.07 Å². The quantitative estimate of drug-likeness (QED) is 0.742. The highest BCUT2D eigenvalue weighted by molar-refractivity contribution is 5.59. The van der Waals surface area contributed by atoms with Crippen molar-refractivity contribution in [1.82, 2.24) is 0 Å². The summed E-state index contributed by atoms with van der Waals surface area (Å²) in [6, 6.07) is 10.1. The summed E-state index contributed by atoms with van der Waals surface area (Å²) in [6.07, 6.45) is 2.39. The van der Waals surface area contributed by atoms with Crippen molar-refractivity contribution in [1.29, 1.82) is 5.26 Å². The topological polar surface area (TPSA) is 27.0 Å². The zero-order valence-electron chi connectivity index (χ0n) is 11.1. The molecule has 0 radical (unpaired) electrons. The van der Waals surface area contributed by atoms with Crippen molar-refractivity contribution in [2.75, 3.05) is 18.0 Å². The molecule has 2 nitrogen and oxygen atoms in total. The van der Waals surface area contributed by atoms with E-state index in [-0.39, 0.29) is 0 Å². The van der Waals surface area contributed by atoms with Gasteiger partial charge < -0.3 is 4.90 Å². The average Bonchev–Trinajstić information content (AvgIpc) is 2.40. The van der Waals surface area contributed by atoms with Gasteiger partial charge in [-0.15, -0.1) is 0 Å². The Morgan fingerprint density at radius 1 is 1.18 bits per heavy atom. The molecule has 1 rings (SSSR count). The van der Waals surface area contributed by atoms with E-state index in [4.69, 9.17) is 5.26 Å². The molecule has 92 valence electrons. The third-order valence-corrected chi connectivity index (χ3v) is 3.38. The molecule has 0 bridgehead atoms. The predicted molar refractivity (Wildman–Crippen MR) is 73.1 cm³/mol. The van der Waals surface area contributed by atoms with Gasteiger partial charge in [-0.1, -0.05) is 38.8 Å². The van der Waals surface area contributed by atoms with Crippen LogP contribution in [0.25, 0.3) is 0 Å². The van der Waals surface area contributed by atoms with Gasteiger partial charge in [0.25, 0.3) is 0 Å². The average molecular weight is 230 g/mol. The summed E-state index contributed by atoms with van der Waals surface area (Å²) in [5.41, 5.74) is 1.85. The number of rotatable bonds is 6. The van der Waals surface area contributed by atoms with Crippen molar-refractivity contribution < 1.29 is 0 Å². The van der Waals surface area contributed by atoms with Gasteiger partial charge in [0.2, 0.25) is 0 Å². The summed E-state index contributed by atoms with van der Waals surface area (Å²) in [5, 5.41) is 9.13. The molecule has 1 aromatic rings. The number of hydrogen-bond donors (Lipinski definition) is 0. The summed E-state index contributed by atoms with van der Waals surface area (Å²) in [7, 11) is 0. The van der Waals surface area contributed by atoms with Crippen LogP contribution in [0.5, 0.6) is 0 Å². The molecular formula is C15H22N2. The SMILES string of the molecule is CCC(CC)CN(CC)c1ccccc1C#N. The molecule has 0 N–H and O–H groups in total. The number of anilines is 1. The monoisotopic (exact) mass is 230 g/mol. The zero-order valence-corrected chi connectivity index (χ0v) is 11.1. The van der Waals surface area contributed by atoms with Crippen LogP contribution in [0.3, 0.4) is 0 Å². The lowest BCUT2D eigenvalue weighted by molar-refractivity contribution is 0.486. The molecule has 0 fully saturated rings. The number of benzene rings is 1. The molecular weight excluding hydrogens is 208 g/mol. The fourth-order valence-electron chi connectivity index (χ4n) is 2.10. The van der Waals surface area contributed by atoms with E-state index in [1.165, 1.54) is 12.8 Å². The van der Waals surface area contributed by atoms with Crippen molar-refractivity contribution >= 4 is 5.69 Å². The van der Waals surface area contributed by atoms with E-state index in [9.17, 15) is 0 Å². The summed E-state index contributed by atoms with van der Waals surface area (Å²) < 4.78 is 0. The Hall–Kier alpha value is -1.49. The Morgan fingerprint density at radius 3 is 2.35 bits per heavy atom. The van der Waals surface area contributed by atoms with E-state index < -0.39 is 0 Å². The van der Waals surface area contributed by atoms with Crippen LogP contribution in [-0.2, 0) is 0 Å². The van der Waals surface area contributed by atoms with Gasteiger partial charge in [-0.05, 0) is 25.0 Å². The Morgan fingerprint density at radius 2 is 1.82 bits per heavy atom. The minimum absolute atomic E-state index is 0.710. The lowest BCUT2D eigenvalue weighted by Gasteiger charge is -2.28. The minimum atomic E-state index is 0.710. The molecule has 2 heteroatoms. The van der Waals surface area contributed by atoms with Gasteiger partial charge in [0, 0.05) is 13.1 Å². The van der Waals surface area contributed by atoms with Crippen LogP contribution in [0.2, 0.25) is 0 Å². The second-order valence-electron chi connectivity index (χ2n) is 4.35. The largest absolute Gasteiger partial charge is 0.370 e. The van der Waals surface area contributed by atoms with Crippen LogP contribution >= 0.6 is 0 Å². The molecule has 0 aromatic heterocycles. The van der Waals surface area contributed by atoms with Crippen LogP contribution in [0.15, 0.2) is 24.3 Å². The molecule has 1 aromatic carbocycles. The van der Waals surface area contributed by atoms with Crippen molar-refractivity contribution in [3.8, 4) is 6.07 Å². The van der Waals surface area contributed by atoms with E-state index in [1.54, 1.807) is 0 Å². The number of nitriles is 1. The molecule has 17 heavy (non-hydrogen) atoms. The predicted octanol–water partition coefficient (Wildman–Crippen LogP) is 3.82. The van der Waals surface area contributed by atoms with Crippen molar-refractivity contribution in [2.45, 2.75) is 33.6 Å². The maximum atomic E-state index is 9.13. The van der Waals surface area contributed by atoms with Crippen molar-refractivity contribution in [3.05, 3.63) is 29.8 Å². The highest BCUT2D eigenvalue weighted by Crippen LogP contribution is 2.22. The second kappa shape index (κ2) is 6.96. The molecule has 0 spiro atoms. The van der Waals surface area contributed by atoms with Crippen LogP contribution in [0.4, 0.5) is 5.69 Å². The lowest BCUT2D eigenvalue weighted by atomic mass is 10.0. The van der Waals surface area contributed by atoms with Gasteiger partial charge >= 0.3 is 0 Å². The maximum Gasteiger partial charge on any atom is 0.101 e. The van der Waals surface area contributed by atoms with Gasteiger partial charge in [-0.25, -0.2) is 0 Å². The molecule has 0 saturated heterocycles. The van der Waals surface area contributed by atoms with Crippen molar-refractivity contribution in [3.63, 3.8) is 0 Å². The Balaban J connectivity index is 2.90. The first-order valence-corrected chi connectivity index (χ1v) is 6.50. The second-order valence-corrected chi connectivity index (χ2v) is 4.35. The Labute approximate surface area is 105 Å². The van der Waals surface area contributed by atoms with Gasteiger partial charge in [-0.2, -0.15) is 5.26 Å². The summed E-state index contributed by atoms with van der Waals surface area (Å²) >= 11 is 0. The van der Waals surface area contributed by atoms with Gasteiger partial charge in [-0.3, -0.25) is 0 Å². The third-order valence-electron chi connectivity index (χ3n) is 3.38. The first-order valence-electron chi connectivity index (χ1n) is 6.50. The van der Waals surface area contributed by atoms with Crippen molar-refractivity contribution in [2.24, 2.45) is 5.92 Å². The van der Waals surface area contributed by atoms with Crippen LogP contribution < -0.4 is 4.90 Å². The van der Waals surface area contributed by atoms with Crippen LogP contribution in [0.1, 0.15) is 39.2 Å². The molecule has 0 aliphatic carbocycles. The lowest BCUT2D eigenvalue weighted by Crippen LogP contribution is -2.29. The maximum absolute atomic E-state index is 9.13. The van der Waals surface area contributed by atoms with Gasteiger partial charge in [0.05, 0.1) is 11.3 Å². The number of hydrogen-bond acceptors (Lipinski definition) is 2. The van der Waals surface area contributed by atoms with E-state index in [2.05, 4.69) is 31.7 Å². The van der Waals surface area contributed by atoms with Gasteiger partial charge in [0.15, 0.2) is 0 Å². The first kappa shape index (κ1) is 13.6. The van der Waals surface area contributed by atoms with E-state index >= 15 is 0 Å². The summed E-state index contributed by atoms with van der Waals surface area (Å²) in [6.45, 7) is 8.62. The van der Waals surface area contributed by atoms with E-state index in [1.807, 2.05) is 24.3 Å². The molecule has 0 unspecified atom stereocenters. The summed E-state index contributed by atoms with van der Waals surface area (Å²) in [4.78, 5) is 2.32. The first-order chi connectivity index (χ1) is 8.26. The molecule has 0 amide bonds. The Kier molecular flexibility index (Phi) is 5.56. The fourth-order valence-corrected chi connectivity index (χ4v) is 2.10. The molecule has 0 atom stereocenters. The van der Waals surface area contributed by atoms with Crippen LogP contribution in [0, 0.1) is 17.2 Å². The van der Waals surface area contributed by atoms with E-state index in [0.717, 1.165) is 24.3 Å². The number of para-hydroxylation sites is 1. The zero-order chi connectivity index (χ0) is 12.7. The third kappa shape index (κ3) is 3.49. The fraction of sp³-hybridized carbons (Fsp3) is 0.533. The smallest absolute Gasteiger partial charge is 0.101 e. The van der Waals surface area contributed by atoms with E-state index in [0.29, 0.717) is 5.92 Å². The highest BCUT2D eigenvalue weighted by atomic mass is 15.1. The number of nitrogens with zero attached hydrogens (tertiary/aromatic N) is 2. The molecule has 0 heterocycles. The molecule has 0 aliphatic rings. The van der Waals surface area contributed by atoms with Crippen LogP contribution in [-0.4, -0.2) is 13.1 Å². The standard InChI is InChI=1S/C15H22N2/c1-4-13(5-2)12-17(6-3)15-10-8-7-9-14(15)11-16/h7-10,13H,4-6,12H2,1-3H3. The Bertz CT molecular complexity index is 375. The normalized spacial score (nSPS) is 10.3. The molecule has 0 saturated carbocycles. The molecule has 0 aliphatic heterocycles.